The second-order valence-electron chi connectivity index (χ2n) is 4.35. The molecular formula is C14H21N3O2. The van der Waals surface area contributed by atoms with Crippen LogP contribution < -0.4 is 16.4 Å². The van der Waals surface area contributed by atoms with Crippen molar-refractivity contribution in [3.63, 3.8) is 0 Å². The fraction of sp³-hybridized carbons (Fsp3) is 0.429. The van der Waals surface area contributed by atoms with Gasteiger partial charge in [-0.15, -0.1) is 0 Å². The third kappa shape index (κ3) is 6.45. The molecule has 0 spiro atoms. The number of aryl methyl sites for hydroxylation is 1. The van der Waals surface area contributed by atoms with Gasteiger partial charge in [0, 0.05) is 18.7 Å². The van der Waals surface area contributed by atoms with E-state index in [0.717, 1.165) is 24.9 Å². The van der Waals surface area contributed by atoms with Gasteiger partial charge in [-0.3, -0.25) is 4.79 Å². The first-order valence-electron chi connectivity index (χ1n) is 6.54. The highest BCUT2D eigenvalue weighted by Gasteiger charge is 2.02. The molecule has 19 heavy (non-hydrogen) atoms. The van der Waals surface area contributed by atoms with Gasteiger partial charge in [-0.25, -0.2) is 4.79 Å². The lowest BCUT2D eigenvalue weighted by atomic mass is 10.1. The van der Waals surface area contributed by atoms with E-state index in [4.69, 9.17) is 5.73 Å². The molecule has 3 amide bonds. The second-order valence-corrected chi connectivity index (χ2v) is 4.35. The van der Waals surface area contributed by atoms with E-state index in [2.05, 4.69) is 17.6 Å². The summed E-state index contributed by atoms with van der Waals surface area (Å²) < 4.78 is 0. The number of unbranched alkanes of at least 4 members (excludes halogenated alkanes) is 1. The highest BCUT2D eigenvalue weighted by Crippen LogP contribution is 2.10. The summed E-state index contributed by atoms with van der Waals surface area (Å²) in [6.07, 6.45) is 2.89. The topological polar surface area (TPSA) is 84.2 Å². The van der Waals surface area contributed by atoms with Crippen molar-refractivity contribution >= 4 is 17.6 Å². The smallest absolute Gasteiger partial charge is 0.312 e. The number of carbonyl (C=O) groups is 2. The van der Waals surface area contributed by atoms with Gasteiger partial charge in [-0.1, -0.05) is 19.1 Å². The number of anilines is 1. The summed E-state index contributed by atoms with van der Waals surface area (Å²) in [5.41, 5.74) is 6.99. The lowest BCUT2D eigenvalue weighted by molar-refractivity contribution is -0.116. The Morgan fingerprint density at radius 1 is 1.16 bits per heavy atom. The number of urea groups is 1. The number of carbonyl (C=O) groups excluding carboxylic acids is 2. The Labute approximate surface area is 113 Å². The number of hydrogen-bond acceptors (Lipinski definition) is 2. The molecule has 0 aromatic heterocycles. The van der Waals surface area contributed by atoms with Crippen molar-refractivity contribution in [3.8, 4) is 0 Å². The van der Waals surface area contributed by atoms with E-state index >= 15 is 0 Å². The molecule has 5 heteroatoms. The average Bonchev–Trinajstić information content (AvgIpc) is 2.39. The minimum atomic E-state index is -0.527. The van der Waals surface area contributed by atoms with Crippen LogP contribution in [0.15, 0.2) is 24.3 Å². The molecule has 5 nitrogen and oxygen atoms in total. The van der Waals surface area contributed by atoms with Gasteiger partial charge in [0.05, 0.1) is 0 Å². The molecule has 104 valence electrons. The Bertz CT molecular complexity index is 415. The van der Waals surface area contributed by atoms with Crippen molar-refractivity contribution in [3.05, 3.63) is 29.8 Å². The molecule has 0 radical (unpaired) electrons. The van der Waals surface area contributed by atoms with Crippen LogP contribution in [0.5, 0.6) is 0 Å². The summed E-state index contributed by atoms with van der Waals surface area (Å²) in [6.45, 7) is 2.60. The van der Waals surface area contributed by atoms with Crippen LogP contribution in [0.2, 0.25) is 0 Å². The van der Waals surface area contributed by atoms with E-state index in [-0.39, 0.29) is 5.91 Å². The van der Waals surface area contributed by atoms with E-state index < -0.39 is 6.03 Å². The summed E-state index contributed by atoms with van der Waals surface area (Å²) in [6, 6.07) is 7.30. The van der Waals surface area contributed by atoms with Crippen molar-refractivity contribution in [2.24, 2.45) is 5.73 Å². The number of benzene rings is 1. The maximum absolute atomic E-state index is 11.6. The third-order valence-electron chi connectivity index (χ3n) is 2.78. The van der Waals surface area contributed by atoms with E-state index in [9.17, 15) is 9.59 Å². The third-order valence-corrected chi connectivity index (χ3v) is 2.78. The van der Waals surface area contributed by atoms with Gasteiger partial charge in [0.15, 0.2) is 0 Å². The molecule has 0 atom stereocenters. The van der Waals surface area contributed by atoms with Crippen LogP contribution in [0.25, 0.3) is 0 Å². The highest BCUT2D eigenvalue weighted by molar-refractivity contribution is 5.90. The Kier molecular flexibility index (Phi) is 6.43. The Balaban J connectivity index is 2.21. The van der Waals surface area contributed by atoms with Crippen LogP contribution in [0.3, 0.4) is 0 Å². The lowest BCUT2D eigenvalue weighted by Crippen LogP contribution is -2.30. The normalized spacial score (nSPS) is 9.95. The van der Waals surface area contributed by atoms with E-state index in [1.807, 2.05) is 24.3 Å². The zero-order valence-electron chi connectivity index (χ0n) is 11.2. The summed E-state index contributed by atoms with van der Waals surface area (Å²) in [4.78, 5) is 22.1. The molecule has 0 fully saturated rings. The van der Waals surface area contributed by atoms with E-state index in [1.54, 1.807) is 0 Å². The summed E-state index contributed by atoms with van der Waals surface area (Å²) in [5.74, 6) is -0.0108. The zero-order valence-corrected chi connectivity index (χ0v) is 11.2. The largest absolute Gasteiger partial charge is 0.352 e. The van der Waals surface area contributed by atoms with Crippen LogP contribution in [-0.4, -0.2) is 18.5 Å². The molecule has 0 heterocycles. The fourth-order valence-electron chi connectivity index (χ4n) is 1.67. The summed E-state index contributed by atoms with van der Waals surface area (Å²) in [7, 11) is 0. The molecule has 0 aliphatic rings. The minimum Gasteiger partial charge on any atom is -0.352 e. The Morgan fingerprint density at radius 3 is 2.42 bits per heavy atom. The van der Waals surface area contributed by atoms with Crippen molar-refractivity contribution in [1.82, 2.24) is 5.32 Å². The maximum Gasteiger partial charge on any atom is 0.312 e. The second kappa shape index (κ2) is 8.13. The van der Waals surface area contributed by atoms with Crippen LogP contribution in [0.4, 0.5) is 10.5 Å². The summed E-state index contributed by atoms with van der Waals surface area (Å²) in [5, 5.41) is 5.33. The predicted molar refractivity (Wildman–Crippen MR) is 75.9 cm³/mol. The monoisotopic (exact) mass is 263 g/mol. The number of nitrogens with two attached hydrogens (primary N) is 1. The standard InChI is InChI=1S/C14H21N3O2/c1-2-11-6-8-12(9-7-11)17-13(18)5-3-4-10-16-14(15)19/h6-9H,2-5,10H2,1H3,(H,17,18)(H3,15,16,19). The molecule has 4 N–H and O–H groups in total. The number of amides is 3. The van der Waals surface area contributed by atoms with Crippen molar-refractivity contribution in [1.29, 1.82) is 0 Å². The van der Waals surface area contributed by atoms with Gasteiger partial charge < -0.3 is 16.4 Å². The molecule has 0 saturated heterocycles. The maximum atomic E-state index is 11.6. The first kappa shape index (κ1) is 15.0. The van der Waals surface area contributed by atoms with Crippen LogP contribution >= 0.6 is 0 Å². The molecule has 0 aliphatic carbocycles. The van der Waals surface area contributed by atoms with E-state index in [0.29, 0.717) is 13.0 Å². The van der Waals surface area contributed by atoms with Gasteiger partial charge in [0.1, 0.15) is 0 Å². The Morgan fingerprint density at radius 2 is 1.84 bits per heavy atom. The molecule has 0 bridgehead atoms. The van der Waals surface area contributed by atoms with Crippen molar-refractivity contribution in [2.75, 3.05) is 11.9 Å². The van der Waals surface area contributed by atoms with E-state index in [1.165, 1.54) is 5.56 Å². The van der Waals surface area contributed by atoms with Gasteiger partial charge in [-0.2, -0.15) is 0 Å². The quantitative estimate of drug-likeness (QED) is 0.657. The first-order valence-corrected chi connectivity index (χ1v) is 6.54. The van der Waals surface area contributed by atoms with Gasteiger partial charge in [-0.05, 0) is 37.0 Å². The SMILES string of the molecule is CCc1ccc(NC(=O)CCCCNC(N)=O)cc1. The number of nitrogens with one attached hydrogen (secondary N) is 2. The Hall–Kier alpha value is -2.04. The number of rotatable bonds is 7. The highest BCUT2D eigenvalue weighted by atomic mass is 16.2. The molecule has 1 rings (SSSR count). The van der Waals surface area contributed by atoms with Gasteiger partial charge >= 0.3 is 6.03 Å². The average molecular weight is 263 g/mol. The molecule has 0 aliphatic heterocycles. The number of hydrogen-bond donors (Lipinski definition) is 3. The lowest BCUT2D eigenvalue weighted by Gasteiger charge is -2.06. The van der Waals surface area contributed by atoms with Crippen LogP contribution in [0, 0.1) is 0 Å². The molecule has 1 aromatic rings. The van der Waals surface area contributed by atoms with Crippen LogP contribution in [0.1, 0.15) is 31.7 Å². The molecule has 0 unspecified atom stereocenters. The molecule has 0 saturated carbocycles. The van der Waals surface area contributed by atoms with Crippen LogP contribution in [-0.2, 0) is 11.2 Å². The zero-order chi connectivity index (χ0) is 14.1. The number of primary amides is 1. The first-order chi connectivity index (χ1) is 9.11. The van der Waals surface area contributed by atoms with Crippen molar-refractivity contribution < 1.29 is 9.59 Å². The molecular weight excluding hydrogens is 242 g/mol. The predicted octanol–water partition coefficient (Wildman–Crippen LogP) is 2.03. The minimum absolute atomic E-state index is 0.0108. The summed E-state index contributed by atoms with van der Waals surface area (Å²) >= 11 is 0. The van der Waals surface area contributed by atoms with Crippen molar-refractivity contribution in [2.45, 2.75) is 32.6 Å². The molecule has 1 aromatic carbocycles. The van der Waals surface area contributed by atoms with Gasteiger partial charge in [0.25, 0.3) is 0 Å². The fourth-order valence-corrected chi connectivity index (χ4v) is 1.67. The van der Waals surface area contributed by atoms with Gasteiger partial charge in [0.2, 0.25) is 5.91 Å².